The molecule has 1 aromatic heterocycles. The molecular formula is C21H22N4O. The summed E-state index contributed by atoms with van der Waals surface area (Å²) in [5, 5.41) is 0. The zero-order valence-corrected chi connectivity index (χ0v) is 14.6. The summed E-state index contributed by atoms with van der Waals surface area (Å²) in [5.41, 5.74) is 2.92. The maximum absolute atomic E-state index is 12.0. The monoisotopic (exact) mass is 346 g/mol. The number of H-pyrrole nitrogens is 1. The number of rotatable bonds is 4. The van der Waals surface area contributed by atoms with Crippen molar-refractivity contribution in [1.82, 2.24) is 14.9 Å². The van der Waals surface area contributed by atoms with Crippen molar-refractivity contribution in [2.75, 3.05) is 31.1 Å². The third-order valence-corrected chi connectivity index (χ3v) is 4.72. The summed E-state index contributed by atoms with van der Waals surface area (Å²) in [6.07, 6.45) is 0. The second kappa shape index (κ2) is 7.54. The first-order valence-corrected chi connectivity index (χ1v) is 8.96. The fourth-order valence-electron chi connectivity index (χ4n) is 3.35. The molecule has 0 unspecified atom stereocenters. The summed E-state index contributed by atoms with van der Waals surface area (Å²) >= 11 is 0. The van der Waals surface area contributed by atoms with Crippen molar-refractivity contribution in [3.05, 3.63) is 82.8 Å². The lowest BCUT2D eigenvalue weighted by Gasteiger charge is -2.35. The summed E-state index contributed by atoms with van der Waals surface area (Å²) < 4.78 is 0. The number of anilines is 1. The van der Waals surface area contributed by atoms with Gasteiger partial charge in [-0.3, -0.25) is 9.69 Å². The lowest BCUT2D eigenvalue weighted by atomic mass is 10.2. The Balaban J connectivity index is 1.44. The highest BCUT2D eigenvalue weighted by Crippen LogP contribution is 2.17. The quantitative estimate of drug-likeness (QED) is 0.789. The zero-order valence-electron chi connectivity index (χ0n) is 14.6. The van der Waals surface area contributed by atoms with Crippen LogP contribution >= 0.6 is 0 Å². The molecule has 0 bridgehead atoms. The molecule has 0 spiro atoms. The summed E-state index contributed by atoms with van der Waals surface area (Å²) in [4.78, 5) is 24.3. The first kappa shape index (κ1) is 16.5. The molecule has 132 valence electrons. The van der Waals surface area contributed by atoms with Gasteiger partial charge < -0.3 is 9.88 Å². The largest absolute Gasteiger partial charge is 0.369 e. The van der Waals surface area contributed by atoms with Gasteiger partial charge in [0, 0.05) is 50.0 Å². The Morgan fingerprint density at radius 2 is 1.54 bits per heavy atom. The minimum absolute atomic E-state index is 0.100. The van der Waals surface area contributed by atoms with E-state index in [1.54, 1.807) is 6.07 Å². The lowest BCUT2D eigenvalue weighted by Crippen LogP contribution is -2.46. The molecule has 0 atom stereocenters. The minimum Gasteiger partial charge on any atom is -0.369 e. The average Bonchev–Trinajstić information content (AvgIpc) is 2.69. The molecule has 0 aliphatic carbocycles. The molecule has 1 aliphatic rings. The lowest BCUT2D eigenvalue weighted by molar-refractivity contribution is 0.247. The topological polar surface area (TPSA) is 52.2 Å². The van der Waals surface area contributed by atoms with Crippen LogP contribution in [0.15, 0.2) is 71.5 Å². The van der Waals surface area contributed by atoms with Crippen LogP contribution < -0.4 is 10.5 Å². The van der Waals surface area contributed by atoms with E-state index in [0.29, 0.717) is 12.4 Å². The van der Waals surface area contributed by atoms with Crippen LogP contribution in [0.3, 0.4) is 0 Å². The van der Waals surface area contributed by atoms with Gasteiger partial charge in [0.2, 0.25) is 0 Å². The number of nitrogens with zero attached hydrogens (tertiary/aromatic N) is 3. The molecule has 2 heterocycles. The van der Waals surface area contributed by atoms with Crippen molar-refractivity contribution in [2.24, 2.45) is 0 Å². The highest BCUT2D eigenvalue weighted by atomic mass is 16.1. The molecule has 1 saturated heterocycles. The van der Waals surface area contributed by atoms with Gasteiger partial charge in [-0.2, -0.15) is 0 Å². The number of para-hydroxylation sites is 1. The smallest absolute Gasteiger partial charge is 0.251 e. The maximum Gasteiger partial charge on any atom is 0.251 e. The molecule has 1 fully saturated rings. The molecule has 5 heteroatoms. The summed E-state index contributed by atoms with van der Waals surface area (Å²) in [7, 11) is 0. The van der Waals surface area contributed by atoms with Crippen LogP contribution in [0.2, 0.25) is 0 Å². The van der Waals surface area contributed by atoms with Crippen molar-refractivity contribution in [1.29, 1.82) is 0 Å². The van der Waals surface area contributed by atoms with E-state index in [1.165, 1.54) is 5.69 Å². The third kappa shape index (κ3) is 3.83. The number of hydrogen-bond donors (Lipinski definition) is 1. The molecule has 2 aromatic carbocycles. The zero-order chi connectivity index (χ0) is 17.8. The van der Waals surface area contributed by atoms with Crippen molar-refractivity contribution < 1.29 is 0 Å². The maximum atomic E-state index is 12.0. The summed E-state index contributed by atoms with van der Waals surface area (Å²) in [6.45, 7) is 4.60. The van der Waals surface area contributed by atoms with E-state index in [-0.39, 0.29) is 5.56 Å². The first-order valence-electron chi connectivity index (χ1n) is 8.96. The van der Waals surface area contributed by atoms with Gasteiger partial charge in [0.05, 0.1) is 5.69 Å². The number of aromatic amines is 1. The molecular weight excluding hydrogens is 324 g/mol. The van der Waals surface area contributed by atoms with Crippen LogP contribution in [0.5, 0.6) is 0 Å². The van der Waals surface area contributed by atoms with E-state index in [4.69, 9.17) is 0 Å². The van der Waals surface area contributed by atoms with Crippen LogP contribution in [0.4, 0.5) is 5.69 Å². The number of piperazine rings is 1. The normalized spacial score (nSPS) is 15.2. The van der Waals surface area contributed by atoms with Crippen LogP contribution in [-0.2, 0) is 6.54 Å². The Morgan fingerprint density at radius 3 is 2.23 bits per heavy atom. The fourth-order valence-corrected chi connectivity index (χ4v) is 3.35. The standard InChI is InChI=1S/C21H22N4O/c26-20-15-18(22-21(23-20)17-7-3-1-4-8-17)16-24-11-13-25(14-12-24)19-9-5-2-6-10-19/h1-10,15H,11-14,16H2,(H,22,23,26). The van der Waals surface area contributed by atoms with Gasteiger partial charge in [-0.05, 0) is 12.1 Å². The average molecular weight is 346 g/mol. The van der Waals surface area contributed by atoms with Crippen molar-refractivity contribution in [3.8, 4) is 11.4 Å². The van der Waals surface area contributed by atoms with Gasteiger partial charge in [-0.1, -0.05) is 48.5 Å². The van der Waals surface area contributed by atoms with E-state index in [1.807, 2.05) is 36.4 Å². The van der Waals surface area contributed by atoms with Gasteiger partial charge in [-0.25, -0.2) is 4.98 Å². The molecule has 1 aliphatic heterocycles. The Morgan fingerprint density at radius 1 is 0.885 bits per heavy atom. The summed E-state index contributed by atoms with van der Waals surface area (Å²) in [6, 6.07) is 21.9. The van der Waals surface area contributed by atoms with Crippen LogP contribution in [0, 0.1) is 0 Å². The predicted octanol–water partition coefficient (Wildman–Crippen LogP) is 2.76. The van der Waals surface area contributed by atoms with Crippen molar-refractivity contribution >= 4 is 5.69 Å². The van der Waals surface area contributed by atoms with Crippen LogP contribution in [0.25, 0.3) is 11.4 Å². The van der Waals surface area contributed by atoms with Crippen molar-refractivity contribution in [3.63, 3.8) is 0 Å². The molecule has 0 radical (unpaired) electrons. The summed E-state index contributed by atoms with van der Waals surface area (Å²) in [5.74, 6) is 0.635. The van der Waals surface area contributed by atoms with Gasteiger partial charge in [0.15, 0.2) is 0 Å². The predicted molar refractivity (Wildman–Crippen MR) is 104 cm³/mol. The van der Waals surface area contributed by atoms with E-state index in [2.05, 4.69) is 44.0 Å². The van der Waals surface area contributed by atoms with E-state index < -0.39 is 0 Å². The molecule has 3 aromatic rings. The molecule has 4 rings (SSSR count). The molecule has 26 heavy (non-hydrogen) atoms. The fraction of sp³-hybridized carbons (Fsp3) is 0.238. The molecule has 0 saturated carbocycles. The van der Waals surface area contributed by atoms with Gasteiger partial charge in [0.1, 0.15) is 5.82 Å². The first-order chi connectivity index (χ1) is 12.8. The number of aromatic nitrogens is 2. The second-order valence-corrected chi connectivity index (χ2v) is 6.55. The Bertz CT molecular complexity index is 900. The number of benzene rings is 2. The van der Waals surface area contributed by atoms with Crippen molar-refractivity contribution in [2.45, 2.75) is 6.54 Å². The Kier molecular flexibility index (Phi) is 4.80. The van der Waals surface area contributed by atoms with Gasteiger partial charge in [-0.15, -0.1) is 0 Å². The minimum atomic E-state index is -0.100. The molecule has 5 nitrogen and oxygen atoms in total. The highest BCUT2D eigenvalue weighted by molar-refractivity contribution is 5.54. The number of hydrogen-bond acceptors (Lipinski definition) is 4. The Hall–Kier alpha value is -2.92. The SMILES string of the molecule is O=c1cc(CN2CCN(c3ccccc3)CC2)nc(-c2ccccc2)[nH]1. The molecule has 0 amide bonds. The van der Waals surface area contributed by atoms with Gasteiger partial charge in [0.25, 0.3) is 5.56 Å². The highest BCUT2D eigenvalue weighted by Gasteiger charge is 2.18. The van der Waals surface area contributed by atoms with E-state index in [0.717, 1.165) is 37.4 Å². The second-order valence-electron chi connectivity index (χ2n) is 6.55. The van der Waals surface area contributed by atoms with E-state index >= 15 is 0 Å². The van der Waals surface area contributed by atoms with Gasteiger partial charge >= 0.3 is 0 Å². The van der Waals surface area contributed by atoms with Crippen LogP contribution in [0.1, 0.15) is 5.69 Å². The van der Waals surface area contributed by atoms with E-state index in [9.17, 15) is 4.79 Å². The van der Waals surface area contributed by atoms with Crippen LogP contribution in [-0.4, -0.2) is 41.0 Å². The number of nitrogens with one attached hydrogen (secondary N) is 1. The Labute approximate surface area is 152 Å². The third-order valence-electron chi connectivity index (χ3n) is 4.72. The molecule has 1 N–H and O–H groups in total.